The number of rotatable bonds is 6. The zero-order valence-corrected chi connectivity index (χ0v) is 18.8. The van der Waals surface area contributed by atoms with E-state index in [0.29, 0.717) is 29.4 Å². The normalized spacial score (nSPS) is 15.1. The highest BCUT2D eigenvalue weighted by Crippen LogP contribution is 2.47. The van der Waals surface area contributed by atoms with Gasteiger partial charge in [-0.3, -0.25) is 14.8 Å². The van der Waals surface area contributed by atoms with Gasteiger partial charge in [0.2, 0.25) is 5.95 Å². The van der Waals surface area contributed by atoms with E-state index in [9.17, 15) is 18.0 Å². The largest absolute Gasteiger partial charge is 0.436 e. The molecule has 13 heteroatoms. The van der Waals surface area contributed by atoms with Gasteiger partial charge in [-0.1, -0.05) is 40.9 Å². The molecule has 4 rings (SSSR count). The SMILES string of the molecule is CC(C(=O)Nc1ncn(Cc2ccc(Cl)c(Cl)c2)n1)n1nc(C(F)(F)F)c(Cl)c1C1CC1. The van der Waals surface area contributed by atoms with E-state index in [1.54, 1.807) is 18.2 Å². The molecule has 0 spiro atoms. The zero-order valence-electron chi connectivity index (χ0n) is 16.5. The van der Waals surface area contributed by atoms with Crippen LogP contribution >= 0.6 is 34.8 Å². The first kappa shape index (κ1) is 22.9. The summed E-state index contributed by atoms with van der Waals surface area (Å²) in [5.41, 5.74) is -0.153. The maximum Gasteiger partial charge on any atom is 0.436 e. The third-order valence-electron chi connectivity index (χ3n) is 4.97. The van der Waals surface area contributed by atoms with Crippen LogP contribution in [0.4, 0.5) is 19.1 Å². The number of alkyl halides is 3. The number of carbonyl (C=O) groups excluding carboxylic acids is 1. The van der Waals surface area contributed by atoms with Crippen molar-refractivity contribution in [2.75, 3.05) is 5.32 Å². The number of carbonyl (C=O) groups is 1. The van der Waals surface area contributed by atoms with Crippen molar-refractivity contribution in [3.63, 3.8) is 0 Å². The van der Waals surface area contributed by atoms with Crippen molar-refractivity contribution in [1.82, 2.24) is 24.5 Å². The molecule has 3 aromatic rings. The van der Waals surface area contributed by atoms with Crippen LogP contribution < -0.4 is 5.32 Å². The Balaban J connectivity index is 1.49. The molecule has 1 amide bonds. The Kier molecular flexibility index (Phi) is 6.12. The molecule has 32 heavy (non-hydrogen) atoms. The summed E-state index contributed by atoms with van der Waals surface area (Å²) in [4.78, 5) is 16.7. The monoisotopic (exact) mass is 506 g/mol. The van der Waals surface area contributed by atoms with Gasteiger partial charge in [0.15, 0.2) is 5.69 Å². The second-order valence-electron chi connectivity index (χ2n) is 7.44. The third-order valence-corrected chi connectivity index (χ3v) is 6.08. The van der Waals surface area contributed by atoms with E-state index in [-0.39, 0.29) is 17.6 Å². The molecule has 1 saturated carbocycles. The maximum atomic E-state index is 13.3. The molecule has 1 N–H and O–H groups in total. The Morgan fingerprint density at radius 3 is 2.56 bits per heavy atom. The fraction of sp³-hybridized carbons (Fsp3) is 0.368. The van der Waals surface area contributed by atoms with E-state index in [4.69, 9.17) is 34.8 Å². The highest BCUT2D eigenvalue weighted by molar-refractivity contribution is 6.42. The first-order valence-electron chi connectivity index (χ1n) is 9.54. The summed E-state index contributed by atoms with van der Waals surface area (Å²) in [6.07, 6.45) is -1.92. The molecule has 1 unspecified atom stereocenters. The molecule has 1 fully saturated rings. The summed E-state index contributed by atoms with van der Waals surface area (Å²) in [6, 6.07) is 4.06. The molecule has 0 aliphatic heterocycles. The van der Waals surface area contributed by atoms with Crippen LogP contribution in [0.3, 0.4) is 0 Å². The van der Waals surface area contributed by atoms with Gasteiger partial charge in [0, 0.05) is 5.92 Å². The van der Waals surface area contributed by atoms with Crippen molar-refractivity contribution in [1.29, 1.82) is 0 Å². The maximum absolute atomic E-state index is 13.3. The van der Waals surface area contributed by atoms with Crippen molar-refractivity contribution in [3.8, 4) is 0 Å². The van der Waals surface area contributed by atoms with Crippen molar-refractivity contribution in [3.05, 3.63) is 56.5 Å². The van der Waals surface area contributed by atoms with Gasteiger partial charge in [-0.15, -0.1) is 5.10 Å². The van der Waals surface area contributed by atoms with E-state index in [1.807, 2.05) is 0 Å². The number of hydrogen-bond acceptors (Lipinski definition) is 4. The molecule has 1 aliphatic carbocycles. The van der Waals surface area contributed by atoms with E-state index in [1.165, 1.54) is 17.9 Å². The Bertz CT molecular complexity index is 1170. The van der Waals surface area contributed by atoms with Gasteiger partial charge in [-0.2, -0.15) is 18.3 Å². The second kappa shape index (κ2) is 8.57. The summed E-state index contributed by atoms with van der Waals surface area (Å²) < 4.78 is 42.3. The molecule has 0 radical (unpaired) electrons. The predicted molar refractivity (Wildman–Crippen MR) is 113 cm³/mol. The van der Waals surface area contributed by atoms with Crippen LogP contribution in [-0.2, 0) is 17.5 Å². The van der Waals surface area contributed by atoms with E-state index >= 15 is 0 Å². The van der Waals surface area contributed by atoms with Crippen molar-refractivity contribution in [2.24, 2.45) is 0 Å². The van der Waals surface area contributed by atoms with Crippen LogP contribution in [0.15, 0.2) is 24.5 Å². The van der Waals surface area contributed by atoms with Gasteiger partial charge in [-0.05, 0) is 37.5 Å². The lowest BCUT2D eigenvalue weighted by atomic mass is 10.2. The van der Waals surface area contributed by atoms with Gasteiger partial charge < -0.3 is 0 Å². The van der Waals surface area contributed by atoms with Gasteiger partial charge in [0.25, 0.3) is 5.91 Å². The summed E-state index contributed by atoms with van der Waals surface area (Å²) >= 11 is 17.9. The molecule has 1 aromatic carbocycles. The molecule has 0 bridgehead atoms. The fourth-order valence-corrected chi connectivity index (χ4v) is 3.91. The lowest BCUT2D eigenvalue weighted by molar-refractivity contribution is -0.141. The second-order valence-corrected chi connectivity index (χ2v) is 8.64. The predicted octanol–water partition coefficient (Wildman–Crippen LogP) is 5.58. The summed E-state index contributed by atoms with van der Waals surface area (Å²) in [7, 11) is 0. The number of benzene rings is 1. The Hall–Kier alpha value is -2.30. The van der Waals surface area contributed by atoms with Gasteiger partial charge in [-0.25, -0.2) is 9.67 Å². The van der Waals surface area contributed by atoms with Gasteiger partial charge in [0.1, 0.15) is 12.4 Å². The number of nitrogens with zero attached hydrogens (tertiary/aromatic N) is 5. The lowest BCUT2D eigenvalue weighted by Gasteiger charge is -2.14. The molecule has 170 valence electrons. The van der Waals surface area contributed by atoms with Crippen molar-refractivity contribution >= 4 is 46.7 Å². The Morgan fingerprint density at radius 2 is 1.94 bits per heavy atom. The first-order valence-corrected chi connectivity index (χ1v) is 10.7. The summed E-state index contributed by atoms with van der Waals surface area (Å²) in [5, 5.41) is 10.7. The van der Waals surface area contributed by atoms with Crippen LogP contribution in [0.2, 0.25) is 15.1 Å². The topological polar surface area (TPSA) is 77.6 Å². The molecular formula is C19H16Cl3F3N6O. The number of anilines is 1. The number of amides is 1. The summed E-state index contributed by atoms with van der Waals surface area (Å²) in [6.45, 7) is 1.77. The van der Waals surface area contributed by atoms with Gasteiger partial charge in [0.05, 0.1) is 27.3 Å². The number of hydrogen-bond donors (Lipinski definition) is 1. The number of aromatic nitrogens is 5. The lowest BCUT2D eigenvalue weighted by Crippen LogP contribution is -2.26. The van der Waals surface area contributed by atoms with Crippen LogP contribution in [0.1, 0.15) is 48.7 Å². The van der Waals surface area contributed by atoms with Crippen LogP contribution in [-0.4, -0.2) is 30.5 Å². The quantitative estimate of drug-likeness (QED) is 0.473. The average molecular weight is 508 g/mol. The minimum atomic E-state index is -4.72. The van der Waals surface area contributed by atoms with Crippen LogP contribution in [0.5, 0.6) is 0 Å². The van der Waals surface area contributed by atoms with E-state index < -0.39 is 28.8 Å². The average Bonchev–Trinajstić information content (AvgIpc) is 3.35. The summed E-state index contributed by atoms with van der Waals surface area (Å²) in [5.74, 6) is -0.763. The smallest absolute Gasteiger partial charge is 0.291 e. The molecule has 7 nitrogen and oxygen atoms in total. The van der Waals surface area contributed by atoms with Crippen LogP contribution in [0, 0.1) is 0 Å². The third kappa shape index (κ3) is 4.72. The Labute approximate surface area is 195 Å². The van der Waals surface area contributed by atoms with E-state index in [0.717, 1.165) is 10.2 Å². The fourth-order valence-electron chi connectivity index (χ4n) is 3.21. The number of halogens is 6. The van der Waals surface area contributed by atoms with Crippen molar-refractivity contribution in [2.45, 2.75) is 44.4 Å². The highest BCUT2D eigenvalue weighted by atomic mass is 35.5. The zero-order chi connectivity index (χ0) is 23.2. The Morgan fingerprint density at radius 1 is 1.22 bits per heavy atom. The van der Waals surface area contributed by atoms with Gasteiger partial charge >= 0.3 is 6.18 Å². The molecular weight excluding hydrogens is 492 g/mol. The first-order chi connectivity index (χ1) is 15.0. The molecule has 1 aliphatic rings. The minimum Gasteiger partial charge on any atom is -0.291 e. The van der Waals surface area contributed by atoms with Crippen LogP contribution in [0.25, 0.3) is 0 Å². The molecule has 1 atom stereocenters. The van der Waals surface area contributed by atoms with Crippen molar-refractivity contribution < 1.29 is 18.0 Å². The number of nitrogens with one attached hydrogen (secondary N) is 1. The van der Waals surface area contributed by atoms with E-state index in [2.05, 4.69) is 20.5 Å². The minimum absolute atomic E-state index is 0.00387. The highest BCUT2D eigenvalue weighted by Gasteiger charge is 2.43. The molecule has 2 aromatic heterocycles. The molecule has 2 heterocycles. The standard InChI is InChI=1S/C19H16Cl3F3N6O/c1-9(31-15(11-3-4-11)14(22)16(28-31)19(23,24)25)17(32)27-18-26-8-30(29-18)7-10-2-5-12(20)13(21)6-10/h2,5-6,8-9,11H,3-4,7H2,1H3,(H,27,29,32). The molecule has 0 saturated heterocycles.